The standard InChI is InChI=1S/C14H23N/c1-4-5-6-10-15(3)12-14-9-7-8-13(2)11-14/h7-9,11H,4-6,10,12H2,1-3H3. The Morgan fingerprint density at radius 1 is 1.20 bits per heavy atom. The van der Waals surface area contributed by atoms with E-state index in [0.29, 0.717) is 0 Å². The molecule has 0 amide bonds. The van der Waals surface area contributed by atoms with Crippen LogP contribution >= 0.6 is 0 Å². The van der Waals surface area contributed by atoms with Gasteiger partial charge in [-0.3, -0.25) is 0 Å². The quantitative estimate of drug-likeness (QED) is 0.641. The van der Waals surface area contributed by atoms with Gasteiger partial charge in [0.1, 0.15) is 0 Å². The van der Waals surface area contributed by atoms with Crippen molar-refractivity contribution in [3.05, 3.63) is 35.4 Å². The van der Waals surface area contributed by atoms with Crippen LogP contribution < -0.4 is 0 Å². The molecule has 0 aromatic heterocycles. The van der Waals surface area contributed by atoms with E-state index in [1.54, 1.807) is 0 Å². The Balaban J connectivity index is 2.34. The molecule has 0 aliphatic rings. The molecular formula is C14H23N. The van der Waals surface area contributed by atoms with Crippen molar-refractivity contribution < 1.29 is 0 Å². The average Bonchev–Trinajstić information content (AvgIpc) is 2.18. The fourth-order valence-electron chi connectivity index (χ4n) is 1.83. The van der Waals surface area contributed by atoms with E-state index in [2.05, 4.69) is 50.1 Å². The van der Waals surface area contributed by atoms with Crippen molar-refractivity contribution in [1.82, 2.24) is 4.90 Å². The third-order valence-corrected chi connectivity index (χ3v) is 2.68. The topological polar surface area (TPSA) is 3.24 Å². The van der Waals surface area contributed by atoms with Gasteiger partial charge in [-0.05, 0) is 32.5 Å². The van der Waals surface area contributed by atoms with Gasteiger partial charge in [-0.2, -0.15) is 0 Å². The van der Waals surface area contributed by atoms with Crippen LogP contribution in [0.2, 0.25) is 0 Å². The van der Waals surface area contributed by atoms with E-state index < -0.39 is 0 Å². The summed E-state index contributed by atoms with van der Waals surface area (Å²) in [5.41, 5.74) is 2.78. The van der Waals surface area contributed by atoms with Crippen molar-refractivity contribution in [3.63, 3.8) is 0 Å². The zero-order valence-corrected chi connectivity index (χ0v) is 10.3. The second kappa shape index (κ2) is 6.62. The molecule has 0 aliphatic heterocycles. The zero-order chi connectivity index (χ0) is 11.1. The molecule has 0 atom stereocenters. The van der Waals surface area contributed by atoms with Crippen LogP contribution in [0.3, 0.4) is 0 Å². The summed E-state index contributed by atoms with van der Waals surface area (Å²) in [4.78, 5) is 2.41. The van der Waals surface area contributed by atoms with Crippen LogP contribution in [0.1, 0.15) is 37.3 Å². The van der Waals surface area contributed by atoms with Crippen molar-refractivity contribution in [3.8, 4) is 0 Å². The molecule has 1 aromatic carbocycles. The molecule has 0 saturated heterocycles. The second-order valence-corrected chi connectivity index (χ2v) is 4.43. The first-order chi connectivity index (χ1) is 7.22. The van der Waals surface area contributed by atoms with E-state index in [4.69, 9.17) is 0 Å². The van der Waals surface area contributed by atoms with Gasteiger partial charge in [-0.25, -0.2) is 0 Å². The number of nitrogens with zero attached hydrogens (tertiary/aromatic N) is 1. The Hall–Kier alpha value is -0.820. The number of rotatable bonds is 6. The molecule has 84 valence electrons. The van der Waals surface area contributed by atoms with Gasteiger partial charge in [-0.1, -0.05) is 49.6 Å². The zero-order valence-electron chi connectivity index (χ0n) is 10.3. The second-order valence-electron chi connectivity index (χ2n) is 4.43. The summed E-state index contributed by atoms with van der Waals surface area (Å²) in [5, 5.41) is 0. The molecule has 0 saturated carbocycles. The minimum Gasteiger partial charge on any atom is -0.302 e. The maximum Gasteiger partial charge on any atom is 0.0230 e. The lowest BCUT2D eigenvalue weighted by molar-refractivity contribution is 0.318. The van der Waals surface area contributed by atoms with Crippen LogP contribution in [0.25, 0.3) is 0 Å². The first-order valence-electron chi connectivity index (χ1n) is 5.96. The van der Waals surface area contributed by atoms with Gasteiger partial charge >= 0.3 is 0 Å². The Morgan fingerprint density at radius 2 is 2.00 bits per heavy atom. The third kappa shape index (κ3) is 4.98. The molecule has 0 unspecified atom stereocenters. The SMILES string of the molecule is CCCCCN(C)Cc1cccc(C)c1. The molecule has 0 fully saturated rings. The van der Waals surface area contributed by atoms with Crippen LogP contribution in [0.4, 0.5) is 0 Å². The van der Waals surface area contributed by atoms with Gasteiger partial charge in [0, 0.05) is 6.54 Å². The van der Waals surface area contributed by atoms with Crippen molar-refractivity contribution in [2.24, 2.45) is 0 Å². The number of aryl methyl sites for hydroxylation is 1. The number of hydrogen-bond acceptors (Lipinski definition) is 1. The Morgan fingerprint density at radius 3 is 2.67 bits per heavy atom. The van der Waals surface area contributed by atoms with Crippen LogP contribution in [0.5, 0.6) is 0 Å². The van der Waals surface area contributed by atoms with Crippen molar-refractivity contribution >= 4 is 0 Å². The van der Waals surface area contributed by atoms with E-state index >= 15 is 0 Å². The minimum atomic E-state index is 1.07. The van der Waals surface area contributed by atoms with Crippen molar-refractivity contribution in [2.75, 3.05) is 13.6 Å². The normalized spacial score (nSPS) is 10.9. The summed E-state index contributed by atoms with van der Waals surface area (Å²) in [7, 11) is 2.21. The highest BCUT2D eigenvalue weighted by molar-refractivity contribution is 5.21. The molecule has 0 spiro atoms. The molecule has 0 heterocycles. The van der Waals surface area contributed by atoms with E-state index in [1.165, 1.54) is 36.9 Å². The molecule has 0 N–H and O–H groups in total. The first kappa shape index (κ1) is 12.3. The van der Waals surface area contributed by atoms with Crippen molar-refractivity contribution in [2.45, 2.75) is 39.7 Å². The monoisotopic (exact) mass is 205 g/mol. The van der Waals surface area contributed by atoms with Gasteiger partial charge in [-0.15, -0.1) is 0 Å². The van der Waals surface area contributed by atoms with Gasteiger partial charge in [0.2, 0.25) is 0 Å². The maximum absolute atomic E-state index is 2.41. The number of unbranched alkanes of at least 4 members (excludes halogenated alkanes) is 2. The average molecular weight is 205 g/mol. The molecule has 0 aliphatic carbocycles. The summed E-state index contributed by atoms with van der Waals surface area (Å²) >= 11 is 0. The summed E-state index contributed by atoms with van der Waals surface area (Å²) in [5.74, 6) is 0. The predicted octanol–water partition coefficient (Wildman–Crippen LogP) is 3.62. The summed E-state index contributed by atoms with van der Waals surface area (Å²) < 4.78 is 0. The van der Waals surface area contributed by atoms with Crippen LogP contribution in [-0.4, -0.2) is 18.5 Å². The molecule has 1 aromatic rings. The Kier molecular flexibility index (Phi) is 5.41. The molecule has 1 nitrogen and oxygen atoms in total. The largest absolute Gasteiger partial charge is 0.302 e. The fourth-order valence-corrected chi connectivity index (χ4v) is 1.83. The summed E-state index contributed by atoms with van der Waals surface area (Å²) in [6, 6.07) is 8.78. The van der Waals surface area contributed by atoms with Crippen LogP contribution in [0, 0.1) is 6.92 Å². The highest BCUT2D eigenvalue weighted by atomic mass is 15.1. The highest BCUT2D eigenvalue weighted by Crippen LogP contribution is 2.07. The lowest BCUT2D eigenvalue weighted by Gasteiger charge is -2.16. The smallest absolute Gasteiger partial charge is 0.0230 e. The first-order valence-corrected chi connectivity index (χ1v) is 5.96. The molecule has 0 bridgehead atoms. The van der Waals surface area contributed by atoms with E-state index in [9.17, 15) is 0 Å². The van der Waals surface area contributed by atoms with Gasteiger partial charge in [0.15, 0.2) is 0 Å². The highest BCUT2D eigenvalue weighted by Gasteiger charge is 1.99. The summed E-state index contributed by atoms with van der Waals surface area (Å²) in [6.07, 6.45) is 3.97. The third-order valence-electron chi connectivity index (χ3n) is 2.68. The Bertz CT molecular complexity index is 280. The lowest BCUT2D eigenvalue weighted by Crippen LogP contribution is -2.19. The molecular weight excluding hydrogens is 182 g/mol. The lowest BCUT2D eigenvalue weighted by atomic mass is 10.1. The van der Waals surface area contributed by atoms with Crippen molar-refractivity contribution in [1.29, 1.82) is 0 Å². The van der Waals surface area contributed by atoms with Crippen LogP contribution in [0.15, 0.2) is 24.3 Å². The molecule has 1 rings (SSSR count). The maximum atomic E-state index is 2.41. The predicted molar refractivity (Wildman–Crippen MR) is 67.0 cm³/mol. The van der Waals surface area contributed by atoms with Crippen LogP contribution in [-0.2, 0) is 6.54 Å². The summed E-state index contributed by atoms with van der Waals surface area (Å²) in [6.45, 7) is 6.69. The van der Waals surface area contributed by atoms with E-state index in [0.717, 1.165) is 6.54 Å². The van der Waals surface area contributed by atoms with Gasteiger partial charge in [0.25, 0.3) is 0 Å². The number of hydrogen-bond donors (Lipinski definition) is 0. The molecule has 1 heteroatoms. The van der Waals surface area contributed by atoms with Gasteiger partial charge < -0.3 is 4.90 Å². The van der Waals surface area contributed by atoms with E-state index in [1.807, 2.05) is 0 Å². The fraction of sp³-hybridized carbons (Fsp3) is 0.571. The minimum absolute atomic E-state index is 1.07. The van der Waals surface area contributed by atoms with E-state index in [-0.39, 0.29) is 0 Å². The Labute approximate surface area is 94.1 Å². The molecule has 0 radical (unpaired) electrons. The number of benzene rings is 1. The van der Waals surface area contributed by atoms with Gasteiger partial charge in [0.05, 0.1) is 0 Å². The molecule has 15 heavy (non-hydrogen) atoms.